The van der Waals surface area contributed by atoms with Crippen molar-refractivity contribution in [3.8, 4) is 11.1 Å². The first-order valence-electron chi connectivity index (χ1n) is 8.82. The number of H-pyrrole nitrogens is 1. The molecule has 0 bridgehead atoms. The van der Waals surface area contributed by atoms with Crippen LogP contribution in [0.25, 0.3) is 28.1 Å². The van der Waals surface area contributed by atoms with Crippen molar-refractivity contribution in [1.29, 1.82) is 0 Å². The second-order valence-electron chi connectivity index (χ2n) is 6.37. The van der Waals surface area contributed by atoms with Gasteiger partial charge in [0.1, 0.15) is 0 Å². The number of benzene rings is 3. The quantitative estimate of drug-likeness (QED) is 0.326. The van der Waals surface area contributed by atoms with E-state index >= 15 is 0 Å². The number of aromatic nitrogens is 1. The van der Waals surface area contributed by atoms with Gasteiger partial charge >= 0.3 is 0 Å². The number of aromatic amines is 1. The van der Waals surface area contributed by atoms with Crippen molar-refractivity contribution >= 4 is 38.7 Å². The van der Waals surface area contributed by atoms with Gasteiger partial charge in [-0.15, -0.1) is 0 Å². The number of pyridine rings is 1. The van der Waals surface area contributed by atoms with Crippen molar-refractivity contribution in [1.82, 2.24) is 4.98 Å². The van der Waals surface area contributed by atoms with Crippen molar-refractivity contribution in [2.24, 2.45) is 0 Å². The van der Waals surface area contributed by atoms with Crippen LogP contribution in [0.5, 0.6) is 0 Å². The molecule has 4 rings (SSSR count). The molecule has 0 aliphatic rings. The Labute approximate surface area is 170 Å². The Morgan fingerprint density at radius 2 is 1.57 bits per heavy atom. The molecular formula is C24H16BrNO2. The van der Waals surface area contributed by atoms with Gasteiger partial charge in [-0.3, -0.25) is 9.59 Å². The predicted octanol–water partition coefficient (Wildman–Crippen LogP) is 5.85. The molecule has 0 radical (unpaired) electrons. The van der Waals surface area contributed by atoms with E-state index in [1.807, 2.05) is 78.9 Å². The van der Waals surface area contributed by atoms with Crippen LogP contribution in [0, 0.1) is 0 Å². The lowest BCUT2D eigenvalue weighted by atomic mass is 9.94. The van der Waals surface area contributed by atoms with E-state index in [1.54, 1.807) is 6.08 Å². The van der Waals surface area contributed by atoms with E-state index < -0.39 is 5.56 Å². The summed E-state index contributed by atoms with van der Waals surface area (Å²) in [6.07, 6.45) is 3.18. The van der Waals surface area contributed by atoms with Crippen LogP contribution in [-0.4, -0.2) is 10.8 Å². The highest BCUT2D eigenvalue weighted by Crippen LogP contribution is 2.31. The molecule has 0 saturated heterocycles. The molecule has 1 N–H and O–H groups in total. The summed E-state index contributed by atoms with van der Waals surface area (Å²) in [4.78, 5) is 28.7. The molecule has 136 valence electrons. The zero-order chi connectivity index (χ0) is 19.5. The minimum Gasteiger partial charge on any atom is -0.321 e. The van der Waals surface area contributed by atoms with Gasteiger partial charge in [-0.05, 0) is 35.4 Å². The summed E-state index contributed by atoms with van der Waals surface area (Å²) in [7, 11) is 0. The first-order valence-corrected chi connectivity index (χ1v) is 9.61. The summed E-state index contributed by atoms with van der Waals surface area (Å²) in [5.41, 5.74) is 2.81. The minimum atomic E-state index is -0.392. The molecule has 0 unspecified atom stereocenters. The van der Waals surface area contributed by atoms with Crippen LogP contribution < -0.4 is 5.56 Å². The number of rotatable bonds is 4. The number of ketones is 1. The molecule has 0 atom stereocenters. The number of carbonyl (C=O) groups is 1. The van der Waals surface area contributed by atoms with Gasteiger partial charge in [-0.2, -0.15) is 0 Å². The summed E-state index contributed by atoms with van der Waals surface area (Å²) in [6, 6.07) is 24.7. The second kappa shape index (κ2) is 7.79. The standard InChI is InChI=1S/C24H16BrNO2/c25-18-12-13-20-19(15-18)22(17-9-5-2-6-10-17)23(24(28)26-20)21(27)14-11-16-7-3-1-4-8-16/h1-15H,(H,26,28). The highest BCUT2D eigenvalue weighted by Gasteiger charge is 2.19. The molecule has 1 heterocycles. The molecule has 0 aliphatic heterocycles. The summed E-state index contributed by atoms with van der Waals surface area (Å²) in [6.45, 7) is 0. The lowest BCUT2D eigenvalue weighted by Gasteiger charge is -2.11. The summed E-state index contributed by atoms with van der Waals surface area (Å²) < 4.78 is 0.877. The molecular weight excluding hydrogens is 414 g/mol. The normalized spacial score (nSPS) is 11.2. The molecule has 0 fully saturated rings. The zero-order valence-corrected chi connectivity index (χ0v) is 16.4. The van der Waals surface area contributed by atoms with Crippen LogP contribution in [0.4, 0.5) is 0 Å². The maximum Gasteiger partial charge on any atom is 0.260 e. The fourth-order valence-electron chi connectivity index (χ4n) is 3.22. The highest BCUT2D eigenvalue weighted by molar-refractivity contribution is 9.10. The van der Waals surface area contributed by atoms with Gasteiger partial charge in [-0.25, -0.2) is 0 Å². The van der Waals surface area contributed by atoms with E-state index in [4.69, 9.17) is 0 Å². The number of halogens is 1. The monoisotopic (exact) mass is 429 g/mol. The number of allylic oxidation sites excluding steroid dienone is 1. The van der Waals surface area contributed by atoms with Crippen LogP contribution in [0.15, 0.2) is 94.2 Å². The lowest BCUT2D eigenvalue weighted by Crippen LogP contribution is -2.18. The second-order valence-corrected chi connectivity index (χ2v) is 7.28. The van der Waals surface area contributed by atoms with Crippen molar-refractivity contribution in [2.45, 2.75) is 0 Å². The van der Waals surface area contributed by atoms with E-state index in [2.05, 4.69) is 20.9 Å². The first-order chi connectivity index (χ1) is 13.6. The van der Waals surface area contributed by atoms with Gasteiger partial charge in [0.05, 0.1) is 5.56 Å². The van der Waals surface area contributed by atoms with Crippen molar-refractivity contribution < 1.29 is 4.79 Å². The number of hydrogen-bond acceptors (Lipinski definition) is 2. The van der Waals surface area contributed by atoms with Gasteiger partial charge in [0, 0.05) is 20.9 Å². The van der Waals surface area contributed by atoms with Gasteiger partial charge in [0.25, 0.3) is 5.56 Å². The molecule has 0 aliphatic carbocycles. The molecule has 3 nitrogen and oxygen atoms in total. The van der Waals surface area contributed by atoms with Gasteiger partial charge in [-0.1, -0.05) is 82.7 Å². The number of fused-ring (bicyclic) bond motifs is 1. The number of hydrogen-bond donors (Lipinski definition) is 1. The topological polar surface area (TPSA) is 49.9 Å². The SMILES string of the molecule is O=C(C=Cc1ccccc1)c1c(-c2ccccc2)c2cc(Br)ccc2[nH]c1=O. The Balaban J connectivity index is 1.95. The van der Waals surface area contributed by atoms with Gasteiger partial charge in [0.2, 0.25) is 0 Å². The summed E-state index contributed by atoms with van der Waals surface area (Å²) >= 11 is 3.49. The molecule has 0 saturated carbocycles. The average molecular weight is 430 g/mol. The third-order valence-corrected chi connectivity index (χ3v) is 5.01. The molecule has 3 aromatic carbocycles. The molecule has 0 spiro atoms. The third kappa shape index (κ3) is 3.59. The van der Waals surface area contributed by atoms with E-state index in [0.717, 1.165) is 21.0 Å². The van der Waals surface area contributed by atoms with Crippen molar-refractivity contribution in [3.63, 3.8) is 0 Å². The maximum absolute atomic E-state index is 13.0. The van der Waals surface area contributed by atoms with Crippen molar-refractivity contribution in [2.75, 3.05) is 0 Å². The maximum atomic E-state index is 13.0. The molecule has 4 aromatic rings. The van der Waals surface area contributed by atoms with Gasteiger partial charge in [0.15, 0.2) is 5.78 Å². The number of carbonyl (C=O) groups excluding carboxylic acids is 1. The first kappa shape index (κ1) is 18.1. The Hall–Kier alpha value is -3.24. The fourth-order valence-corrected chi connectivity index (χ4v) is 3.59. The smallest absolute Gasteiger partial charge is 0.260 e. The Morgan fingerprint density at radius 3 is 2.29 bits per heavy atom. The highest BCUT2D eigenvalue weighted by atomic mass is 79.9. The number of nitrogens with one attached hydrogen (secondary N) is 1. The Bertz CT molecular complexity index is 1240. The van der Waals surface area contributed by atoms with Crippen LogP contribution in [-0.2, 0) is 0 Å². The largest absolute Gasteiger partial charge is 0.321 e. The van der Waals surface area contributed by atoms with Crippen LogP contribution in [0.3, 0.4) is 0 Å². The van der Waals surface area contributed by atoms with Crippen LogP contribution in [0.2, 0.25) is 0 Å². The summed E-state index contributed by atoms with van der Waals surface area (Å²) in [5, 5.41) is 0.816. The van der Waals surface area contributed by atoms with E-state index in [9.17, 15) is 9.59 Å². The Morgan fingerprint density at radius 1 is 0.893 bits per heavy atom. The van der Waals surface area contributed by atoms with Crippen LogP contribution >= 0.6 is 15.9 Å². The van der Waals surface area contributed by atoms with E-state index in [-0.39, 0.29) is 11.3 Å². The average Bonchev–Trinajstić information content (AvgIpc) is 2.73. The van der Waals surface area contributed by atoms with Crippen molar-refractivity contribution in [3.05, 3.63) is 111 Å². The minimum absolute atomic E-state index is 0.143. The van der Waals surface area contributed by atoms with E-state index in [1.165, 1.54) is 6.08 Å². The predicted molar refractivity (Wildman–Crippen MR) is 118 cm³/mol. The fraction of sp³-hybridized carbons (Fsp3) is 0. The molecule has 4 heteroatoms. The third-order valence-electron chi connectivity index (χ3n) is 4.51. The molecule has 0 amide bonds. The van der Waals surface area contributed by atoms with E-state index in [0.29, 0.717) is 11.1 Å². The Kier molecular flexibility index (Phi) is 5.04. The summed E-state index contributed by atoms with van der Waals surface area (Å²) in [5.74, 6) is -0.328. The lowest BCUT2D eigenvalue weighted by molar-refractivity contribution is 0.104. The van der Waals surface area contributed by atoms with Gasteiger partial charge < -0.3 is 4.98 Å². The van der Waals surface area contributed by atoms with Crippen LogP contribution in [0.1, 0.15) is 15.9 Å². The molecule has 1 aromatic heterocycles. The zero-order valence-electron chi connectivity index (χ0n) is 14.9. The molecule has 28 heavy (non-hydrogen) atoms.